The number of anilines is 1. The van der Waals surface area contributed by atoms with E-state index in [1.807, 2.05) is 36.4 Å². The number of hydrogen-bond donors (Lipinski definition) is 1. The van der Waals surface area contributed by atoms with Crippen molar-refractivity contribution >= 4 is 17.3 Å². The van der Waals surface area contributed by atoms with Crippen LogP contribution in [0.1, 0.15) is 11.1 Å². The van der Waals surface area contributed by atoms with Crippen molar-refractivity contribution in [1.82, 2.24) is 0 Å². The van der Waals surface area contributed by atoms with Crippen LogP contribution in [-0.4, -0.2) is 14.2 Å². The van der Waals surface area contributed by atoms with Crippen LogP contribution < -0.4 is 10.1 Å². The van der Waals surface area contributed by atoms with E-state index in [0.29, 0.717) is 18.2 Å². The average Bonchev–Trinajstić information content (AvgIpc) is 2.46. The fraction of sp³-hybridized carbons (Fsp3) is 0.250. The SMILES string of the molecule is COCc1cccc(NCc2cc(Cl)ccc2OC)c1. The summed E-state index contributed by atoms with van der Waals surface area (Å²) in [6.07, 6.45) is 0. The van der Waals surface area contributed by atoms with Gasteiger partial charge >= 0.3 is 0 Å². The molecule has 0 aliphatic rings. The maximum atomic E-state index is 6.02. The number of ether oxygens (including phenoxy) is 2. The first-order valence-electron chi connectivity index (χ1n) is 6.37. The highest BCUT2D eigenvalue weighted by Crippen LogP contribution is 2.23. The Balaban J connectivity index is 2.08. The number of benzene rings is 2. The number of nitrogens with one attached hydrogen (secondary N) is 1. The highest BCUT2D eigenvalue weighted by atomic mass is 35.5. The normalized spacial score (nSPS) is 10.3. The summed E-state index contributed by atoms with van der Waals surface area (Å²) in [5.41, 5.74) is 3.20. The monoisotopic (exact) mass is 291 g/mol. The molecule has 0 aliphatic carbocycles. The quantitative estimate of drug-likeness (QED) is 0.869. The smallest absolute Gasteiger partial charge is 0.123 e. The lowest BCUT2D eigenvalue weighted by Crippen LogP contribution is -2.02. The highest BCUT2D eigenvalue weighted by Gasteiger charge is 2.04. The van der Waals surface area contributed by atoms with E-state index in [1.165, 1.54) is 0 Å². The van der Waals surface area contributed by atoms with Crippen molar-refractivity contribution in [3.63, 3.8) is 0 Å². The third kappa shape index (κ3) is 3.89. The molecule has 0 aromatic heterocycles. The molecule has 0 radical (unpaired) electrons. The predicted molar refractivity (Wildman–Crippen MR) is 82.5 cm³/mol. The molecule has 0 atom stereocenters. The Morgan fingerprint density at radius 3 is 2.70 bits per heavy atom. The van der Waals surface area contributed by atoms with E-state index in [2.05, 4.69) is 11.4 Å². The minimum atomic E-state index is 0.607. The van der Waals surface area contributed by atoms with Gasteiger partial charge in [0.1, 0.15) is 5.75 Å². The summed E-state index contributed by atoms with van der Waals surface area (Å²) in [5.74, 6) is 0.829. The third-order valence-electron chi connectivity index (χ3n) is 2.96. The summed E-state index contributed by atoms with van der Waals surface area (Å²) in [7, 11) is 3.35. The molecule has 0 bridgehead atoms. The van der Waals surface area contributed by atoms with Crippen molar-refractivity contribution in [3.05, 3.63) is 58.6 Å². The molecule has 2 aromatic carbocycles. The molecule has 0 aliphatic heterocycles. The van der Waals surface area contributed by atoms with E-state index in [9.17, 15) is 0 Å². The number of halogens is 1. The summed E-state index contributed by atoms with van der Waals surface area (Å²) in [6.45, 7) is 1.26. The van der Waals surface area contributed by atoms with Gasteiger partial charge in [0, 0.05) is 29.9 Å². The summed E-state index contributed by atoms with van der Waals surface area (Å²) in [4.78, 5) is 0. The van der Waals surface area contributed by atoms with Crippen LogP contribution in [-0.2, 0) is 17.9 Å². The molecule has 0 unspecified atom stereocenters. The molecule has 0 fully saturated rings. The van der Waals surface area contributed by atoms with Crippen LogP contribution in [0.25, 0.3) is 0 Å². The second-order valence-electron chi connectivity index (χ2n) is 4.44. The maximum absolute atomic E-state index is 6.02. The number of methoxy groups -OCH3 is 2. The standard InChI is InChI=1S/C16H18ClNO2/c1-19-11-12-4-3-5-15(8-12)18-10-13-9-14(17)6-7-16(13)20-2/h3-9,18H,10-11H2,1-2H3. The topological polar surface area (TPSA) is 30.5 Å². The minimum Gasteiger partial charge on any atom is -0.496 e. The lowest BCUT2D eigenvalue weighted by Gasteiger charge is -2.12. The van der Waals surface area contributed by atoms with Crippen LogP contribution in [0.4, 0.5) is 5.69 Å². The van der Waals surface area contributed by atoms with Crippen molar-refractivity contribution in [2.45, 2.75) is 13.2 Å². The molecule has 20 heavy (non-hydrogen) atoms. The molecule has 0 spiro atoms. The molecule has 0 saturated carbocycles. The van der Waals surface area contributed by atoms with Gasteiger partial charge in [0.2, 0.25) is 0 Å². The van der Waals surface area contributed by atoms with Gasteiger partial charge in [-0.1, -0.05) is 23.7 Å². The summed E-state index contributed by atoms with van der Waals surface area (Å²) >= 11 is 6.02. The Bertz CT molecular complexity index is 572. The molecule has 1 N–H and O–H groups in total. The highest BCUT2D eigenvalue weighted by molar-refractivity contribution is 6.30. The van der Waals surface area contributed by atoms with Crippen molar-refractivity contribution in [3.8, 4) is 5.75 Å². The van der Waals surface area contributed by atoms with Crippen LogP contribution in [0.15, 0.2) is 42.5 Å². The van der Waals surface area contributed by atoms with Gasteiger partial charge in [0.05, 0.1) is 13.7 Å². The molecule has 0 saturated heterocycles. The Kier molecular flexibility index (Phi) is 5.27. The summed E-state index contributed by atoms with van der Waals surface area (Å²) in [6, 6.07) is 13.7. The first-order chi connectivity index (χ1) is 9.72. The van der Waals surface area contributed by atoms with Crippen molar-refractivity contribution < 1.29 is 9.47 Å². The van der Waals surface area contributed by atoms with E-state index in [1.54, 1.807) is 14.2 Å². The van der Waals surface area contributed by atoms with Gasteiger partial charge in [0.25, 0.3) is 0 Å². The van der Waals surface area contributed by atoms with E-state index < -0.39 is 0 Å². The summed E-state index contributed by atoms with van der Waals surface area (Å²) in [5, 5.41) is 4.07. The Hall–Kier alpha value is -1.71. The van der Waals surface area contributed by atoms with Gasteiger partial charge in [-0.2, -0.15) is 0 Å². The van der Waals surface area contributed by atoms with Gasteiger partial charge in [0.15, 0.2) is 0 Å². The lowest BCUT2D eigenvalue weighted by atomic mass is 10.1. The lowest BCUT2D eigenvalue weighted by molar-refractivity contribution is 0.185. The molecular weight excluding hydrogens is 274 g/mol. The van der Waals surface area contributed by atoms with Gasteiger partial charge in [-0.3, -0.25) is 0 Å². The van der Waals surface area contributed by atoms with Crippen LogP contribution in [0.2, 0.25) is 5.02 Å². The van der Waals surface area contributed by atoms with E-state index >= 15 is 0 Å². The fourth-order valence-corrected chi connectivity index (χ4v) is 2.22. The largest absolute Gasteiger partial charge is 0.496 e. The van der Waals surface area contributed by atoms with Crippen molar-refractivity contribution in [1.29, 1.82) is 0 Å². The first kappa shape index (κ1) is 14.7. The number of rotatable bonds is 6. The third-order valence-corrected chi connectivity index (χ3v) is 3.20. The molecule has 106 valence electrons. The zero-order valence-corrected chi connectivity index (χ0v) is 12.4. The minimum absolute atomic E-state index is 0.607. The predicted octanol–water partition coefficient (Wildman–Crippen LogP) is 4.11. The van der Waals surface area contributed by atoms with Gasteiger partial charge in [-0.25, -0.2) is 0 Å². The Morgan fingerprint density at radius 2 is 1.95 bits per heavy atom. The van der Waals surface area contributed by atoms with Crippen LogP contribution in [0, 0.1) is 0 Å². The average molecular weight is 292 g/mol. The first-order valence-corrected chi connectivity index (χ1v) is 6.75. The Morgan fingerprint density at radius 1 is 1.10 bits per heavy atom. The zero-order valence-electron chi connectivity index (χ0n) is 11.7. The molecule has 2 rings (SSSR count). The van der Waals surface area contributed by atoms with Crippen LogP contribution in [0.5, 0.6) is 5.75 Å². The van der Waals surface area contributed by atoms with Crippen LogP contribution in [0.3, 0.4) is 0 Å². The molecule has 2 aromatic rings. The fourth-order valence-electron chi connectivity index (χ4n) is 2.02. The van der Waals surface area contributed by atoms with E-state index in [0.717, 1.165) is 22.6 Å². The van der Waals surface area contributed by atoms with Crippen molar-refractivity contribution in [2.24, 2.45) is 0 Å². The Labute approximate surface area is 124 Å². The van der Waals surface area contributed by atoms with Gasteiger partial charge < -0.3 is 14.8 Å². The van der Waals surface area contributed by atoms with Crippen LogP contribution >= 0.6 is 11.6 Å². The summed E-state index contributed by atoms with van der Waals surface area (Å²) < 4.78 is 10.5. The molecular formula is C16H18ClNO2. The maximum Gasteiger partial charge on any atom is 0.123 e. The second-order valence-corrected chi connectivity index (χ2v) is 4.88. The number of hydrogen-bond acceptors (Lipinski definition) is 3. The van der Waals surface area contributed by atoms with Gasteiger partial charge in [-0.05, 0) is 35.9 Å². The molecule has 3 nitrogen and oxygen atoms in total. The molecule has 0 amide bonds. The van der Waals surface area contributed by atoms with E-state index in [4.69, 9.17) is 21.1 Å². The second kappa shape index (κ2) is 7.17. The molecule has 0 heterocycles. The van der Waals surface area contributed by atoms with Crippen molar-refractivity contribution in [2.75, 3.05) is 19.5 Å². The molecule has 4 heteroatoms. The zero-order chi connectivity index (χ0) is 14.4. The van der Waals surface area contributed by atoms with E-state index in [-0.39, 0.29) is 0 Å². The van der Waals surface area contributed by atoms with Gasteiger partial charge in [-0.15, -0.1) is 0 Å².